The van der Waals surface area contributed by atoms with Crippen LogP contribution < -0.4 is 29.6 Å². The zero-order valence-corrected chi connectivity index (χ0v) is 20.9. The average molecular weight is 565 g/mol. The van der Waals surface area contributed by atoms with Gasteiger partial charge in [0, 0.05) is 13.6 Å². The van der Waals surface area contributed by atoms with E-state index in [2.05, 4.69) is 20.4 Å². The first-order chi connectivity index (χ1) is 15.0. The van der Waals surface area contributed by atoms with E-state index in [0.29, 0.717) is 37.2 Å². The Hall–Kier alpha value is -2.50. The molecule has 1 unspecified atom stereocenters. The number of para-hydroxylation sites is 2. The van der Waals surface area contributed by atoms with E-state index in [1.807, 2.05) is 31.2 Å². The van der Waals surface area contributed by atoms with Gasteiger partial charge in [-0.3, -0.25) is 4.99 Å². The van der Waals surface area contributed by atoms with E-state index in [1.54, 1.807) is 33.2 Å². The number of methoxy groups -OCH3 is 1. The molecule has 10 heteroatoms. The molecule has 7 nitrogen and oxygen atoms in total. The molecule has 2 aromatic carbocycles. The second-order valence-corrected chi connectivity index (χ2v) is 6.48. The van der Waals surface area contributed by atoms with Crippen LogP contribution in [0.5, 0.6) is 23.0 Å². The van der Waals surface area contributed by atoms with Crippen molar-refractivity contribution < 1.29 is 27.7 Å². The highest BCUT2D eigenvalue weighted by molar-refractivity contribution is 14.0. The number of hydrogen-bond acceptors (Lipinski definition) is 5. The number of alkyl halides is 2. The highest BCUT2D eigenvalue weighted by Gasteiger charge is 2.12. The summed E-state index contributed by atoms with van der Waals surface area (Å²) in [4.78, 5) is 4.19. The maximum atomic E-state index is 12.5. The lowest BCUT2D eigenvalue weighted by atomic mass is 10.2. The first kappa shape index (κ1) is 27.5. The van der Waals surface area contributed by atoms with E-state index >= 15 is 0 Å². The van der Waals surface area contributed by atoms with E-state index in [9.17, 15) is 8.78 Å². The molecule has 0 fully saturated rings. The molecule has 0 aliphatic carbocycles. The number of hydrogen-bond donors (Lipinski definition) is 2. The van der Waals surface area contributed by atoms with E-state index in [1.165, 1.54) is 6.07 Å². The monoisotopic (exact) mass is 565 g/mol. The van der Waals surface area contributed by atoms with Crippen LogP contribution in [0.25, 0.3) is 0 Å². The third-order valence-corrected chi connectivity index (χ3v) is 4.16. The lowest BCUT2D eigenvalue weighted by Gasteiger charge is -2.19. The fraction of sp³-hybridized carbons (Fsp3) is 0.409. The summed E-state index contributed by atoms with van der Waals surface area (Å²) >= 11 is 0. The third-order valence-electron chi connectivity index (χ3n) is 4.16. The van der Waals surface area contributed by atoms with Gasteiger partial charge >= 0.3 is 6.61 Å². The zero-order valence-electron chi connectivity index (χ0n) is 18.6. The highest BCUT2D eigenvalue weighted by Crippen LogP contribution is 2.30. The summed E-state index contributed by atoms with van der Waals surface area (Å²) in [7, 11) is 3.26. The van der Waals surface area contributed by atoms with Crippen molar-refractivity contribution in [2.45, 2.75) is 33.1 Å². The van der Waals surface area contributed by atoms with Gasteiger partial charge in [-0.25, -0.2) is 0 Å². The number of aliphatic imine (C=N–C) groups is 1. The number of benzene rings is 2. The fourth-order valence-corrected chi connectivity index (χ4v) is 2.75. The molecule has 0 amide bonds. The van der Waals surface area contributed by atoms with Crippen molar-refractivity contribution in [3.05, 3.63) is 48.0 Å². The number of guanidine groups is 1. The number of ether oxygens (including phenoxy) is 4. The summed E-state index contributed by atoms with van der Waals surface area (Å²) in [6.45, 7) is 2.05. The van der Waals surface area contributed by atoms with Gasteiger partial charge in [-0.05, 0) is 43.7 Å². The lowest BCUT2D eigenvalue weighted by molar-refractivity contribution is -0.0514. The Balaban J connectivity index is 0.00000512. The number of nitrogens with one attached hydrogen (secondary N) is 2. The molecule has 0 bridgehead atoms. The molecule has 0 aliphatic rings. The number of rotatable bonds is 11. The molecule has 1 atom stereocenters. The van der Waals surface area contributed by atoms with Gasteiger partial charge in [-0.2, -0.15) is 8.78 Å². The second-order valence-electron chi connectivity index (χ2n) is 6.48. The van der Waals surface area contributed by atoms with Gasteiger partial charge in [0.2, 0.25) is 0 Å². The summed E-state index contributed by atoms with van der Waals surface area (Å²) in [5.74, 6) is 2.17. The van der Waals surface area contributed by atoms with E-state index in [-0.39, 0.29) is 41.6 Å². The van der Waals surface area contributed by atoms with Crippen LogP contribution in [0.1, 0.15) is 19.4 Å². The smallest absolute Gasteiger partial charge is 0.387 e. The van der Waals surface area contributed by atoms with Gasteiger partial charge < -0.3 is 29.6 Å². The van der Waals surface area contributed by atoms with Gasteiger partial charge in [-0.15, -0.1) is 24.0 Å². The topological polar surface area (TPSA) is 73.3 Å². The average Bonchev–Trinajstić information content (AvgIpc) is 2.75. The molecular weight excluding hydrogens is 535 g/mol. The summed E-state index contributed by atoms with van der Waals surface area (Å²) in [5, 5.41) is 6.36. The van der Waals surface area contributed by atoms with Gasteiger partial charge in [0.05, 0.1) is 20.3 Å². The predicted molar refractivity (Wildman–Crippen MR) is 131 cm³/mol. The Labute approximate surface area is 204 Å². The molecule has 32 heavy (non-hydrogen) atoms. The molecule has 0 heterocycles. The van der Waals surface area contributed by atoms with Crippen LogP contribution in [0.4, 0.5) is 8.78 Å². The van der Waals surface area contributed by atoms with Gasteiger partial charge in [0.25, 0.3) is 0 Å². The summed E-state index contributed by atoms with van der Waals surface area (Å²) < 4.78 is 46.2. The minimum absolute atomic E-state index is 0. The molecule has 0 radical (unpaired) electrons. The fourth-order valence-electron chi connectivity index (χ4n) is 2.75. The maximum absolute atomic E-state index is 12.5. The molecule has 0 spiro atoms. The summed E-state index contributed by atoms with van der Waals surface area (Å²) in [5.41, 5.74) is 0.825. The summed E-state index contributed by atoms with van der Waals surface area (Å²) in [6.07, 6.45) is -0.148. The van der Waals surface area contributed by atoms with Gasteiger partial charge in [-0.1, -0.05) is 18.2 Å². The number of nitrogens with zero attached hydrogens (tertiary/aromatic N) is 1. The molecule has 2 N–H and O–H groups in total. The highest BCUT2D eigenvalue weighted by atomic mass is 127. The molecule has 2 rings (SSSR count). The second kappa shape index (κ2) is 14.5. The van der Waals surface area contributed by atoms with E-state index < -0.39 is 6.61 Å². The van der Waals surface area contributed by atoms with Crippen LogP contribution in [-0.4, -0.2) is 46.0 Å². The minimum Gasteiger partial charge on any atom is -0.493 e. The van der Waals surface area contributed by atoms with Crippen LogP contribution in [0, 0.1) is 0 Å². The minimum atomic E-state index is -2.91. The first-order valence-corrected chi connectivity index (χ1v) is 9.91. The Bertz CT molecular complexity index is 856. The largest absolute Gasteiger partial charge is 0.493 e. The van der Waals surface area contributed by atoms with E-state index in [4.69, 9.17) is 14.2 Å². The maximum Gasteiger partial charge on any atom is 0.387 e. The zero-order chi connectivity index (χ0) is 22.6. The van der Waals surface area contributed by atoms with Gasteiger partial charge in [0.15, 0.2) is 29.0 Å². The van der Waals surface area contributed by atoms with Crippen molar-refractivity contribution in [1.82, 2.24) is 10.6 Å². The van der Waals surface area contributed by atoms with Crippen molar-refractivity contribution in [2.24, 2.45) is 4.99 Å². The van der Waals surface area contributed by atoms with Crippen molar-refractivity contribution in [1.29, 1.82) is 0 Å². The van der Waals surface area contributed by atoms with Crippen molar-refractivity contribution >= 4 is 29.9 Å². The molecule has 0 saturated carbocycles. The standard InChI is InChI=1S/C22H29F2N3O4.HI/c1-5-29-20-12-16(10-11-19(20)31-21(23)24)14-27-22(25-3)26-13-15(2)30-18-9-7-6-8-17(18)28-4;/h6-12,15,21H,5,13-14H2,1-4H3,(H2,25,26,27);1H. The SMILES string of the molecule is CCOc1cc(CNC(=NC)NCC(C)Oc2ccccc2OC)ccc1OC(F)F.I. The Morgan fingerprint density at radius 2 is 1.69 bits per heavy atom. The molecule has 2 aromatic rings. The van der Waals surface area contributed by atoms with Crippen molar-refractivity contribution in [3.8, 4) is 23.0 Å². The summed E-state index contributed by atoms with van der Waals surface area (Å²) in [6, 6.07) is 12.3. The van der Waals surface area contributed by atoms with Crippen molar-refractivity contribution in [2.75, 3.05) is 27.3 Å². The van der Waals surface area contributed by atoms with Crippen LogP contribution in [0.15, 0.2) is 47.5 Å². The third kappa shape index (κ3) is 8.93. The van der Waals surface area contributed by atoms with Crippen LogP contribution in [0.2, 0.25) is 0 Å². The Morgan fingerprint density at radius 3 is 2.31 bits per heavy atom. The predicted octanol–water partition coefficient (Wildman–Crippen LogP) is 4.45. The normalized spacial score (nSPS) is 11.9. The molecular formula is C22H30F2IN3O4. The molecule has 178 valence electrons. The van der Waals surface area contributed by atoms with Gasteiger partial charge in [0.1, 0.15) is 6.10 Å². The Kier molecular flexibility index (Phi) is 12.5. The molecule has 0 aliphatic heterocycles. The van der Waals surface area contributed by atoms with E-state index in [0.717, 1.165) is 5.56 Å². The number of halogens is 3. The Morgan fingerprint density at radius 1 is 1.00 bits per heavy atom. The van der Waals surface area contributed by atoms with Crippen LogP contribution in [0.3, 0.4) is 0 Å². The quantitative estimate of drug-likeness (QED) is 0.239. The molecule has 0 saturated heterocycles. The first-order valence-electron chi connectivity index (χ1n) is 9.91. The molecule has 0 aromatic heterocycles. The van der Waals surface area contributed by atoms with Crippen molar-refractivity contribution in [3.63, 3.8) is 0 Å². The van der Waals surface area contributed by atoms with Crippen LogP contribution >= 0.6 is 24.0 Å². The lowest BCUT2D eigenvalue weighted by Crippen LogP contribution is -2.41. The van der Waals surface area contributed by atoms with Crippen LogP contribution in [-0.2, 0) is 6.54 Å².